The lowest BCUT2D eigenvalue weighted by molar-refractivity contribution is -0.155. The highest BCUT2D eigenvalue weighted by atomic mass is 32.2. The van der Waals surface area contributed by atoms with E-state index in [0.717, 1.165) is 34.9 Å². The first-order valence-electron chi connectivity index (χ1n) is 6.75. The van der Waals surface area contributed by atoms with Gasteiger partial charge in [0.2, 0.25) is 0 Å². The fraction of sp³-hybridized carbons (Fsp3) is 0.357. The highest BCUT2D eigenvalue weighted by Crippen LogP contribution is 2.22. The lowest BCUT2D eigenvalue weighted by Gasteiger charge is -2.18. The molecule has 0 radical (unpaired) electrons. The number of carbonyl (C=O) groups is 3. The Morgan fingerprint density at radius 1 is 1.43 bits per heavy atom. The van der Waals surface area contributed by atoms with E-state index < -0.39 is 35.6 Å². The molecule has 0 bridgehead atoms. The molecular weight excluding hydrogens is 330 g/mol. The lowest BCUT2D eigenvalue weighted by Crippen LogP contribution is -2.42. The van der Waals surface area contributed by atoms with Crippen molar-refractivity contribution in [1.82, 2.24) is 10.2 Å². The van der Waals surface area contributed by atoms with Crippen molar-refractivity contribution in [2.75, 3.05) is 18.8 Å². The quantitative estimate of drug-likeness (QED) is 0.648. The second-order valence-electron chi connectivity index (χ2n) is 4.72. The third kappa shape index (κ3) is 4.41. The maximum absolute atomic E-state index is 13.4. The second-order valence-corrected chi connectivity index (χ2v) is 5.73. The highest BCUT2D eigenvalue weighted by molar-refractivity contribution is 8.00. The average Bonchev–Trinajstić information content (AvgIpc) is 2.93. The van der Waals surface area contributed by atoms with Gasteiger partial charge < -0.3 is 10.1 Å². The van der Waals surface area contributed by atoms with Crippen LogP contribution in [0.15, 0.2) is 23.1 Å². The van der Waals surface area contributed by atoms with Gasteiger partial charge in [0.15, 0.2) is 6.10 Å². The van der Waals surface area contributed by atoms with Crippen LogP contribution in [0, 0.1) is 11.6 Å². The van der Waals surface area contributed by atoms with E-state index in [2.05, 4.69) is 5.32 Å². The molecular formula is C14H14F2N2O4S. The number of halogens is 2. The molecule has 0 spiro atoms. The number of urea groups is 1. The summed E-state index contributed by atoms with van der Waals surface area (Å²) < 4.78 is 31.3. The topological polar surface area (TPSA) is 75.7 Å². The molecule has 0 unspecified atom stereocenters. The van der Waals surface area contributed by atoms with Crippen molar-refractivity contribution in [3.8, 4) is 0 Å². The first-order valence-corrected chi connectivity index (χ1v) is 7.73. The summed E-state index contributed by atoms with van der Waals surface area (Å²) in [6.45, 7) is 1.90. The highest BCUT2D eigenvalue weighted by Gasteiger charge is 2.31. The van der Waals surface area contributed by atoms with Crippen LogP contribution in [-0.2, 0) is 14.3 Å². The maximum atomic E-state index is 13.4. The summed E-state index contributed by atoms with van der Waals surface area (Å²) in [6.07, 6.45) is -1.13. The van der Waals surface area contributed by atoms with Crippen molar-refractivity contribution >= 4 is 29.7 Å². The molecule has 1 aliphatic heterocycles. The number of imide groups is 1. The van der Waals surface area contributed by atoms with Gasteiger partial charge in [0.25, 0.3) is 5.91 Å². The summed E-state index contributed by atoms with van der Waals surface area (Å²) in [5.41, 5.74) is 0. The van der Waals surface area contributed by atoms with E-state index in [1.807, 2.05) is 0 Å². The van der Waals surface area contributed by atoms with Crippen LogP contribution in [0.3, 0.4) is 0 Å². The van der Waals surface area contributed by atoms with Gasteiger partial charge in [-0.15, -0.1) is 11.8 Å². The first kappa shape index (κ1) is 17.2. The molecule has 1 aromatic carbocycles. The first-order chi connectivity index (χ1) is 10.9. The average molecular weight is 344 g/mol. The smallest absolute Gasteiger partial charge is 0.324 e. The minimum atomic E-state index is -1.13. The van der Waals surface area contributed by atoms with Gasteiger partial charge in [0.05, 0.1) is 5.75 Å². The molecule has 0 aliphatic carbocycles. The largest absolute Gasteiger partial charge is 0.452 e. The predicted molar refractivity (Wildman–Crippen MR) is 77.7 cm³/mol. The molecule has 3 amide bonds. The molecule has 1 aliphatic rings. The van der Waals surface area contributed by atoms with Crippen molar-refractivity contribution in [1.29, 1.82) is 0 Å². The van der Waals surface area contributed by atoms with Gasteiger partial charge in [0.1, 0.15) is 11.6 Å². The van der Waals surface area contributed by atoms with E-state index in [0.29, 0.717) is 6.54 Å². The SMILES string of the molecule is C[C@@H](OC(=O)CSc1cc(F)ccc1F)C(=O)N1CCNC1=O. The van der Waals surface area contributed by atoms with E-state index >= 15 is 0 Å². The molecule has 0 saturated carbocycles. The third-order valence-corrected chi connectivity index (χ3v) is 4.02. The minimum Gasteiger partial charge on any atom is -0.452 e. The van der Waals surface area contributed by atoms with Crippen molar-refractivity contribution in [3.63, 3.8) is 0 Å². The Balaban J connectivity index is 1.85. The Hall–Kier alpha value is -2.16. The molecule has 1 fully saturated rings. The zero-order valence-corrected chi connectivity index (χ0v) is 13.0. The summed E-state index contributed by atoms with van der Waals surface area (Å²) in [5.74, 6) is -2.95. The monoisotopic (exact) mass is 344 g/mol. The number of thioether (sulfide) groups is 1. The van der Waals surface area contributed by atoms with Gasteiger partial charge in [-0.2, -0.15) is 0 Å². The second kappa shape index (κ2) is 7.40. The van der Waals surface area contributed by atoms with Gasteiger partial charge in [0, 0.05) is 18.0 Å². The molecule has 1 aromatic rings. The van der Waals surface area contributed by atoms with Crippen molar-refractivity contribution in [2.45, 2.75) is 17.9 Å². The molecule has 2 rings (SSSR count). The fourth-order valence-electron chi connectivity index (χ4n) is 1.91. The Kier molecular flexibility index (Phi) is 5.54. The Morgan fingerprint density at radius 3 is 2.83 bits per heavy atom. The zero-order chi connectivity index (χ0) is 17.0. The normalized spacial score (nSPS) is 15.3. The number of rotatable bonds is 5. The number of nitrogens with one attached hydrogen (secondary N) is 1. The van der Waals surface area contributed by atoms with Crippen LogP contribution in [0.1, 0.15) is 6.92 Å². The molecule has 1 heterocycles. The van der Waals surface area contributed by atoms with Gasteiger partial charge in [-0.25, -0.2) is 13.6 Å². The van der Waals surface area contributed by atoms with E-state index in [4.69, 9.17) is 4.74 Å². The third-order valence-electron chi connectivity index (χ3n) is 3.02. The lowest BCUT2D eigenvalue weighted by atomic mass is 10.3. The number of carbonyl (C=O) groups excluding carboxylic acids is 3. The molecule has 6 nitrogen and oxygen atoms in total. The number of esters is 1. The molecule has 124 valence electrons. The van der Waals surface area contributed by atoms with E-state index in [1.165, 1.54) is 6.92 Å². The number of nitrogens with zero attached hydrogens (tertiary/aromatic N) is 1. The number of benzene rings is 1. The molecule has 0 aromatic heterocycles. The summed E-state index contributed by atoms with van der Waals surface area (Å²) in [4.78, 5) is 35.9. The van der Waals surface area contributed by atoms with Crippen LogP contribution in [0.2, 0.25) is 0 Å². The van der Waals surface area contributed by atoms with E-state index in [1.54, 1.807) is 0 Å². The van der Waals surface area contributed by atoms with Crippen LogP contribution < -0.4 is 5.32 Å². The number of hydrogen-bond acceptors (Lipinski definition) is 5. The van der Waals surface area contributed by atoms with Gasteiger partial charge >= 0.3 is 12.0 Å². The molecule has 23 heavy (non-hydrogen) atoms. The maximum Gasteiger partial charge on any atom is 0.324 e. The van der Waals surface area contributed by atoms with Crippen LogP contribution in [0.4, 0.5) is 13.6 Å². The van der Waals surface area contributed by atoms with Gasteiger partial charge in [-0.1, -0.05) is 0 Å². The predicted octanol–water partition coefficient (Wildman–Crippen LogP) is 1.54. The summed E-state index contributed by atoms with van der Waals surface area (Å²) >= 11 is 0.762. The minimum absolute atomic E-state index is 0.0279. The summed E-state index contributed by atoms with van der Waals surface area (Å²) in [5, 5.41) is 2.46. The Morgan fingerprint density at radius 2 is 2.17 bits per heavy atom. The van der Waals surface area contributed by atoms with Crippen molar-refractivity contribution < 1.29 is 27.9 Å². The van der Waals surface area contributed by atoms with Crippen LogP contribution in [0.25, 0.3) is 0 Å². The Labute approximate surface area is 135 Å². The molecule has 9 heteroatoms. The number of ether oxygens (including phenoxy) is 1. The van der Waals surface area contributed by atoms with E-state index in [-0.39, 0.29) is 17.2 Å². The summed E-state index contributed by atoms with van der Waals surface area (Å²) in [6, 6.07) is 2.37. The zero-order valence-electron chi connectivity index (χ0n) is 12.2. The van der Waals surface area contributed by atoms with Gasteiger partial charge in [-0.05, 0) is 25.1 Å². The van der Waals surface area contributed by atoms with Gasteiger partial charge in [-0.3, -0.25) is 14.5 Å². The van der Waals surface area contributed by atoms with Crippen molar-refractivity contribution in [2.24, 2.45) is 0 Å². The molecule has 1 atom stereocenters. The standard InChI is InChI=1S/C14H14F2N2O4S/c1-8(13(20)18-5-4-17-14(18)21)22-12(19)7-23-11-6-9(15)2-3-10(11)16/h2-3,6,8H,4-5,7H2,1H3,(H,17,21)/t8-/m1/s1. The fourth-order valence-corrected chi connectivity index (χ4v) is 2.65. The molecule has 1 N–H and O–H groups in total. The Bertz CT molecular complexity index is 641. The van der Waals surface area contributed by atoms with Crippen LogP contribution in [0.5, 0.6) is 0 Å². The van der Waals surface area contributed by atoms with Crippen molar-refractivity contribution in [3.05, 3.63) is 29.8 Å². The summed E-state index contributed by atoms with van der Waals surface area (Å²) in [7, 11) is 0. The molecule has 1 saturated heterocycles. The number of hydrogen-bond donors (Lipinski definition) is 1. The van der Waals surface area contributed by atoms with E-state index in [9.17, 15) is 23.2 Å². The van der Waals surface area contributed by atoms with Crippen LogP contribution in [-0.4, -0.2) is 47.8 Å². The van der Waals surface area contributed by atoms with Crippen LogP contribution >= 0.6 is 11.8 Å². The number of amides is 3.